The first kappa shape index (κ1) is 19.1. The number of pyridine rings is 1. The van der Waals surface area contributed by atoms with E-state index in [0.717, 1.165) is 16.9 Å². The molecule has 0 unspecified atom stereocenters. The number of carbonyl (C=O) groups is 2. The normalized spacial score (nSPS) is 10.2. The monoisotopic (exact) mass is 375 g/mol. The van der Waals surface area contributed by atoms with Gasteiger partial charge in [-0.2, -0.15) is 0 Å². The second kappa shape index (κ2) is 9.32. The fourth-order valence-corrected chi connectivity index (χ4v) is 2.65. The summed E-state index contributed by atoms with van der Waals surface area (Å²) in [6.45, 7) is 0.766. The van der Waals surface area contributed by atoms with Crippen LogP contribution in [0.4, 0.5) is 0 Å². The van der Waals surface area contributed by atoms with Gasteiger partial charge < -0.3 is 15.4 Å². The molecular formula is C22H21N3O3. The molecule has 0 saturated heterocycles. The van der Waals surface area contributed by atoms with Gasteiger partial charge in [0, 0.05) is 36.6 Å². The fraction of sp³-hybridized carbons (Fsp3) is 0.136. The number of rotatable bonds is 7. The number of carbonyl (C=O) groups excluding carboxylic acids is 2. The Labute approximate surface area is 163 Å². The Bertz CT molecular complexity index is 958. The van der Waals surface area contributed by atoms with Crippen molar-refractivity contribution >= 4 is 11.8 Å². The summed E-state index contributed by atoms with van der Waals surface area (Å²) in [7, 11) is 1.60. The zero-order chi connectivity index (χ0) is 19.8. The van der Waals surface area contributed by atoms with Gasteiger partial charge in [-0.25, -0.2) is 0 Å². The van der Waals surface area contributed by atoms with Crippen molar-refractivity contribution in [1.82, 2.24) is 15.6 Å². The molecule has 1 heterocycles. The number of nitrogens with one attached hydrogen (secondary N) is 2. The highest BCUT2D eigenvalue weighted by atomic mass is 16.5. The molecule has 0 bridgehead atoms. The molecular weight excluding hydrogens is 354 g/mol. The summed E-state index contributed by atoms with van der Waals surface area (Å²) in [5.74, 6) is 0.255. The van der Waals surface area contributed by atoms with Gasteiger partial charge in [0.15, 0.2) is 0 Å². The van der Waals surface area contributed by atoms with Crippen LogP contribution in [0.3, 0.4) is 0 Å². The molecule has 3 rings (SSSR count). The Kier molecular flexibility index (Phi) is 6.36. The molecule has 0 radical (unpaired) electrons. The Morgan fingerprint density at radius 1 is 0.821 bits per heavy atom. The quantitative estimate of drug-likeness (QED) is 0.665. The van der Waals surface area contributed by atoms with Crippen LogP contribution in [0, 0.1) is 0 Å². The second-order valence-corrected chi connectivity index (χ2v) is 6.15. The number of benzene rings is 2. The van der Waals surface area contributed by atoms with Crippen molar-refractivity contribution in [1.29, 1.82) is 0 Å². The zero-order valence-corrected chi connectivity index (χ0v) is 15.5. The maximum absolute atomic E-state index is 12.4. The van der Waals surface area contributed by atoms with Gasteiger partial charge in [0.25, 0.3) is 11.8 Å². The van der Waals surface area contributed by atoms with Gasteiger partial charge in [-0.05, 0) is 53.6 Å². The summed E-state index contributed by atoms with van der Waals surface area (Å²) >= 11 is 0. The van der Waals surface area contributed by atoms with E-state index in [0.29, 0.717) is 24.2 Å². The summed E-state index contributed by atoms with van der Waals surface area (Å²) in [5, 5.41) is 5.70. The average Bonchev–Trinajstić information content (AvgIpc) is 2.76. The van der Waals surface area contributed by atoms with Crippen molar-refractivity contribution in [2.75, 3.05) is 7.11 Å². The van der Waals surface area contributed by atoms with E-state index in [1.54, 1.807) is 43.8 Å². The summed E-state index contributed by atoms with van der Waals surface area (Å²) in [5.41, 5.74) is 2.75. The van der Waals surface area contributed by atoms with Crippen LogP contribution in [-0.2, 0) is 13.1 Å². The molecule has 2 amide bonds. The predicted molar refractivity (Wildman–Crippen MR) is 106 cm³/mol. The average molecular weight is 375 g/mol. The first-order valence-corrected chi connectivity index (χ1v) is 8.84. The second-order valence-electron chi connectivity index (χ2n) is 6.15. The molecule has 0 saturated carbocycles. The standard InChI is InChI=1S/C22H21N3O3/c1-28-20-7-2-4-17(12-20)15-25-22(27)19-6-3-5-18(13-19)21(26)24-14-16-8-10-23-11-9-16/h2-13H,14-15H2,1H3,(H,24,26)(H,25,27). The van der Waals surface area contributed by atoms with Crippen LogP contribution in [0.1, 0.15) is 31.8 Å². The third-order valence-corrected chi connectivity index (χ3v) is 4.18. The van der Waals surface area contributed by atoms with Crippen molar-refractivity contribution < 1.29 is 14.3 Å². The van der Waals surface area contributed by atoms with E-state index >= 15 is 0 Å². The minimum atomic E-state index is -0.244. The lowest BCUT2D eigenvalue weighted by Crippen LogP contribution is -2.25. The fourth-order valence-electron chi connectivity index (χ4n) is 2.65. The number of hydrogen-bond donors (Lipinski definition) is 2. The van der Waals surface area contributed by atoms with Gasteiger partial charge in [0.1, 0.15) is 5.75 Å². The number of methoxy groups -OCH3 is 1. The number of hydrogen-bond acceptors (Lipinski definition) is 4. The van der Waals surface area contributed by atoms with Crippen LogP contribution >= 0.6 is 0 Å². The highest BCUT2D eigenvalue weighted by Crippen LogP contribution is 2.13. The van der Waals surface area contributed by atoms with Crippen molar-refractivity contribution in [2.45, 2.75) is 13.1 Å². The molecule has 3 aromatic rings. The topological polar surface area (TPSA) is 80.3 Å². The summed E-state index contributed by atoms with van der Waals surface area (Å²) in [6.07, 6.45) is 3.35. The molecule has 1 aromatic heterocycles. The van der Waals surface area contributed by atoms with E-state index in [9.17, 15) is 9.59 Å². The molecule has 6 nitrogen and oxygen atoms in total. The van der Waals surface area contributed by atoms with Gasteiger partial charge in [-0.1, -0.05) is 18.2 Å². The maximum Gasteiger partial charge on any atom is 0.251 e. The van der Waals surface area contributed by atoms with Crippen LogP contribution in [-0.4, -0.2) is 23.9 Å². The third-order valence-electron chi connectivity index (χ3n) is 4.18. The molecule has 6 heteroatoms. The van der Waals surface area contributed by atoms with E-state index < -0.39 is 0 Å². The molecule has 0 spiro atoms. The Balaban J connectivity index is 1.60. The van der Waals surface area contributed by atoms with E-state index in [1.807, 2.05) is 36.4 Å². The molecule has 0 aliphatic rings. The van der Waals surface area contributed by atoms with E-state index in [-0.39, 0.29) is 11.8 Å². The Morgan fingerprint density at radius 3 is 2.07 bits per heavy atom. The number of aromatic nitrogens is 1. The van der Waals surface area contributed by atoms with E-state index in [2.05, 4.69) is 15.6 Å². The lowest BCUT2D eigenvalue weighted by molar-refractivity contribution is 0.0950. The van der Waals surface area contributed by atoms with Crippen LogP contribution < -0.4 is 15.4 Å². The molecule has 0 fully saturated rings. The number of amides is 2. The van der Waals surface area contributed by atoms with Crippen LogP contribution in [0.15, 0.2) is 73.1 Å². The number of ether oxygens (including phenoxy) is 1. The minimum absolute atomic E-state index is 0.237. The van der Waals surface area contributed by atoms with Crippen molar-refractivity contribution in [2.24, 2.45) is 0 Å². The first-order valence-electron chi connectivity index (χ1n) is 8.84. The van der Waals surface area contributed by atoms with E-state index in [4.69, 9.17) is 4.74 Å². The van der Waals surface area contributed by atoms with Gasteiger partial charge >= 0.3 is 0 Å². The van der Waals surface area contributed by atoms with Crippen molar-refractivity contribution in [3.8, 4) is 5.75 Å². The molecule has 0 aliphatic carbocycles. The molecule has 2 aromatic carbocycles. The van der Waals surface area contributed by atoms with Gasteiger partial charge in [-0.15, -0.1) is 0 Å². The van der Waals surface area contributed by atoms with Crippen molar-refractivity contribution in [3.63, 3.8) is 0 Å². The molecule has 0 atom stereocenters. The largest absolute Gasteiger partial charge is 0.497 e. The Hall–Kier alpha value is -3.67. The van der Waals surface area contributed by atoms with Crippen LogP contribution in [0.2, 0.25) is 0 Å². The molecule has 142 valence electrons. The number of nitrogens with zero attached hydrogens (tertiary/aromatic N) is 1. The predicted octanol–water partition coefficient (Wildman–Crippen LogP) is 2.95. The van der Waals surface area contributed by atoms with Crippen LogP contribution in [0.5, 0.6) is 5.75 Å². The Morgan fingerprint density at radius 2 is 1.43 bits per heavy atom. The third kappa shape index (κ3) is 5.17. The molecule has 0 aliphatic heterocycles. The van der Waals surface area contributed by atoms with E-state index in [1.165, 1.54) is 0 Å². The lowest BCUT2D eigenvalue weighted by Gasteiger charge is -2.09. The lowest BCUT2D eigenvalue weighted by atomic mass is 10.1. The van der Waals surface area contributed by atoms with Crippen LogP contribution in [0.25, 0.3) is 0 Å². The SMILES string of the molecule is COc1cccc(CNC(=O)c2cccc(C(=O)NCc3ccncc3)c2)c1. The van der Waals surface area contributed by atoms with Gasteiger partial charge in [-0.3, -0.25) is 14.6 Å². The highest BCUT2D eigenvalue weighted by molar-refractivity contribution is 5.99. The minimum Gasteiger partial charge on any atom is -0.497 e. The summed E-state index contributed by atoms with van der Waals surface area (Å²) in [6, 6.07) is 17.8. The first-order chi connectivity index (χ1) is 13.7. The summed E-state index contributed by atoms with van der Waals surface area (Å²) in [4.78, 5) is 28.8. The smallest absolute Gasteiger partial charge is 0.251 e. The highest BCUT2D eigenvalue weighted by Gasteiger charge is 2.10. The van der Waals surface area contributed by atoms with Crippen molar-refractivity contribution in [3.05, 3.63) is 95.3 Å². The van der Waals surface area contributed by atoms with Gasteiger partial charge in [0.2, 0.25) is 0 Å². The maximum atomic E-state index is 12.4. The molecule has 28 heavy (non-hydrogen) atoms. The molecule has 2 N–H and O–H groups in total. The zero-order valence-electron chi connectivity index (χ0n) is 15.5. The summed E-state index contributed by atoms with van der Waals surface area (Å²) < 4.78 is 5.18. The van der Waals surface area contributed by atoms with Gasteiger partial charge in [0.05, 0.1) is 7.11 Å².